The number of pyridine rings is 1. The Morgan fingerprint density at radius 3 is 3.08 bits per heavy atom. The summed E-state index contributed by atoms with van der Waals surface area (Å²) in [5.74, 6) is 0. The van der Waals surface area contributed by atoms with Crippen LogP contribution in [-0.4, -0.2) is 17.8 Å². The molecule has 3 heteroatoms. The highest BCUT2D eigenvalue weighted by molar-refractivity contribution is 5.71. The lowest BCUT2D eigenvalue weighted by Crippen LogP contribution is -2.00. The summed E-state index contributed by atoms with van der Waals surface area (Å²) in [6, 6.07) is 3.70. The van der Waals surface area contributed by atoms with Crippen LogP contribution in [0.3, 0.4) is 0 Å². The number of nitrogens with zero attached hydrogens (tertiary/aromatic N) is 1. The maximum Gasteiger partial charge on any atom is 0.168 e. The van der Waals surface area contributed by atoms with Gasteiger partial charge in [-0.2, -0.15) is 0 Å². The molecule has 12 heavy (non-hydrogen) atoms. The van der Waals surface area contributed by atoms with Gasteiger partial charge in [0.25, 0.3) is 0 Å². The number of aldehydes is 1. The summed E-state index contributed by atoms with van der Waals surface area (Å²) >= 11 is 0. The maximum absolute atomic E-state index is 10.3. The zero-order valence-electron chi connectivity index (χ0n) is 6.86. The molecule has 0 spiro atoms. The lowest BCUT2D eigenvalue weighted by Gasteiger charge is -1.98. The van der Waals surface area contributed by atoms with E-state index in [9.17, 15) is 4.79 Å². The summed E-state index contributed by atoms with van der Waals surface area (Å²) in [6.07, 6.45) is 4.27. The fourth-order valence-corrected chi connectivity index (χ4v) is 1.02. The molecule has 1 aromatic rings. The van der Waals surface area contributed by atoms with Gasteiger partial charge >= 0.3 is 0 Å². The Morgan fingerprint density at radius 2 is 2.42 bits per heavy atom. The van der Waals surface area contributed by atoms with Crippen molar-refractivity contribution in [3.05, 3.63) is 29.6 Å². The van der Waals surface area contributed by atoms with E-state index in [0.29, 0.717) is 12.2 Å². The minimum absolute atomic E-state index is 0.490. The van der Waals surface area contributed by atoms with E-state index in [0.717, 1.165) is 24.7 Å². The van der Waals surface area contributed by atoms with Crippen LogP contribution >= 0.6 is 0 Å². The molecule has 0 bridgehead atoms. The van der Waals surface area contributed by atoms with Crippen molar-refractivity contribution in [3.63, 3.8) is 0 Å². The molecule has 0 radical (unpaired) electrons. The predicted octanol–water partition coefficient (Wildman–Crippen LogP) is 0.785. The second-order valence-electron chi connectivity index (χ2n) is 2.60. The van der Waals surface area contributed by atoms with Crippen LogP contribution in [0.25, 0.3) is 0 Å². The Morgan fingerprint density at radius 1 is 1.58 bits per heavy atom. The molecular formula is C9H12N2O. The number of carbonyl (C=O) groups excluding carboxylic acids is 1. The molecule has 0 aliphatic carbocycles. The third-order valence-electron chi connectivity index (χ3n) is 1.64. The number of nitrogens with two attached hydrogens (primary N) is 1. The second kappa shape index (κ2) is 4.62. The molecule has 0 saturated heterocycles. The third-order valence-corrected chi connectivity index (χ3v) is 1.64. The van der Waals surface area contributed by atoms with Crippen molar-refractivity contribution in [2.24, 2.45) is 5.73 Å². The summed E-state index contributed by atoms with van der Waals surface area (Å²) in [6.45, 7) is 0.679. The summed E-state index contributed by atoms with van der Waals surface area (Å²) in [7, 11) is 0. The molecule has 0 fully saturated rings. The number of hydrogen-bond donors (Lipinski definition) is 1. The van der Waals surface area contributed by atoms with E-state index in [-0.39, 0.29) is 0 Å². The van der Waals surface area contributed by atoms with Crippen molar-refractivity contribution in [2.45, 2.75) is 12.8 Å². The summed E-state index contributed by atoms with van der Waals surface area (Å²) in [5.41, 5.74) is 6.97. The molecule has 64 valence electrons. The van der Waals surface area contributed by atoms with Crippen LogP contribution < -0.4 is 5.73 Å². The number of aryl methyl sites for hydroxylation is 1. The van der Waals surface area contributed by atoms with Gasteiger partial charge in [0, 0.05) is 6.20 Å². The number of carbonyl (C=O) groups is 1. The first kappa shape index (κ1) is 8.87. The molecule has 1 rings (SSSR count). The van der Waals surface area contributed by atoms with Gasteiger partial charge in [0.15, 0.2) is 6.29 Å². The monoisotopic (exact) mass is 164 g/mol. The quantitative estimate of drug-likeness (QED) is 0.669. The summed E-state index contributed by atoms with van der Waals surface area (Å²) in [4.78, 5) is 14.2. The Kier molecular flexibility index (Phi) is 3.41. The van der Waals surface area contributed by atoms with Crippen LogP contribution in [-0.2, 0) is 6.42 Å². The minimum atomic E-state index is 0.490. The summed E-state index contributed by atoms with van der Waals surface area (Å²) < 4.78 is 0. The first-order valence-corrected chi connectivity index (χ1v) is 3.97. The van der Waals surface area contributed by atoms with Crippen LogP contribution in [0.1, 0.15) is 22.5 Å². The molecular weight excluding hydrogens is 152 g/mol. The molecule has 3 nitrogen and oxygen atoms in total. The van der Waals surface area contributed by atoms with Gasteiger partial charge in [-0.05, 0) is 37.1 Å². The van der Waals surface area contributed by atoms with Crippen molar-refractivity contribution in [1.29, 1.82) is 0 Å². The molecule has 0 aliphatic heterocycles. The first-order chi connectivity index (χ1) is 5.86. The number of hydrogen-bond acceptors (Lipinski definition) is 3. The predicted molar refractivity (Wildman–Crippen MR) is 47.0 cm³/mol. The van der Waals surface area contributed by atoms with E-state index in [4.69, 9.17) is 5.73 Å². The average molecular weight is 164 g/mol. The standard InChI is InChI=1S/C9H12N2O/c10-4-1-2-8-3-5-11-9(6-8)7-12/h3,5-7H,1-2,4,10H2. The van der Waals surface area contributed by atoms with E-state index in [1.807, 2.05) is 6.07 Å². The Bertz CT molecular complexity index is 260. The van der Waals surface area contributed by atoms with Crippen molar-refractivity contribution in [3.8, 4) is 0 Å². The van der Waals surface area contributed by atoms with Gasteiger partial charge in [0.05, 0.1) is 0 Å². The molecule has 0 saturated carbocycles. The SMILES string of the molecule is NCCCc1ccnc(C=O)c1. The van der Waals surface area contributed by atoms with E-state index < -0.39 is 0 Å². The summed E-state index contributed by atoms with van der Waals surface area (Å²) in [5, 5.41) is 0. The Balaban J connectivity index is 2.66. The minimum Gasteiger partial charge on any atom is -0.330 e. The fourth-order valence-electron chi connectivity index (χ4n) is 1.02. The third kappa shape index (κ3) is 2.43. The fraction of sp³-hybridized carbons (Fsp3) is 0.333. The molecule has 1 heterocycles. The highest BCUT2D eigenvalue weighted by Crippen LogP contribution is 2.02. The van der Waals surface area contributed by atoms with E-state index in [1.54, 1.807) is 12.3 Å². The highest BCUT2D eigenvalue weighted by atomic mass is 16.1. The zero-order valence-corrected chi connectivity index (χ0v) is 6.86. The Hall–Kier alpha value is -1.22. The second-order valence-corrected chi connectivity index (χ2v) is 2.60. The average Bonchev–Trinajstić information content (AvgIpc) is 2.15. The smallest absolute Gasteiger partial charge is 0.168 e. The van der Waals surface area contributed by atoms with Crippen molar-refractivity contribution in [2.75, 3.05) is 6.54 Å². The van der Waals surface area contributed by atoms with Crippen LogP contribution in [0.15, 0.2) is 18.3 Å². The largest absolute Gasteiger partial charge is 0.330 e. The Labute approximate surface area is 71.6 Å². The van der Waals surface area contributed by atoms with Gasteiger partial charge in [0.1, 0.15) is 5.69 Å². The van der Waals surface area contributed by atoms with Gasteiger partial charge < -0.3 is 5.73 Å². The normalized spacial score (nSPS) is 9.75. The van der Waals surface area contributed by atoms with Crippen molar-refractivity contribution >= 4 is 6.29 Å². The van der Waals surface area contributed by atoms with Gasteiger partial charge in [-0.3, -0.25) is 9.78 Å². The van der Waals surface area contributed by atoms with Crippen LogP contribution in [0.4, 0.5) is 0 Å². The number of aromatic nitrogens is 1. The van der Waals surface area contributed by atoms with E-state index in [2.05, 4.69) is 4.98 Å². The van der Waals surface area contributed by atoms with Crippen LogP contribution in [0, 0.1) is 0 Å². The van der Waals surface area contributed by atoms with Gasteiger partial charge in [-0.15, -0.1) is 0 Å². The lowest BCUT2D eigenvalue weighted by atomic mass is 10.1. The molecule has 0 atom stereocenters. The highest BCUT2D eigenvalue weighted by Gasteiger charge is 1.94. The lowest BCUT2D eigenvalue weighted by molar-refractivity contribution is 0.111. The molecule has 0 unspecified atom stereocenters. The topological polar surface area (TPSA) is 56.0 Å². The zero-order chi connectivity index (χ0) is 8.81. The maximum atomic E-state index is 10.3. The van der Waals surface area contributed by atoms with Crippen molar-refractivity contribution in [1.82, 2.24) is 4.98 Å². The number of rotatable bonds is 4. The van der Waals surface area contributed by atoms with E-state index in [1.165, 1.54) is 0 Å². The van der Waals surface area contributed by atoms with Crippen molar-refractivity contribution < 1.29 is 4.79 Å². The van der Waals surface area contributed by atoms with E-state index >= 15 is 0 Å². The molecule has 0 aliphatic rings. The van der Waals surface area contributed by atoms with Crippen LogP contribution in [0.2, 0.25) is 0 Å². The molecule has 2 N–H and O–H groups in total. The molecule has 1 aromatic heterocycles. The van der Waals surface area contributed by atoms with Crippen LogP contribution in [0.5, 0.6) is 0 Å². The van der Waals surface area contributed by atoms with Gasteiger partial charge in [-0.1, -0.05) is 0 Å². The molecule has 0 aromatic carbocycles. The van der Waals surface area contributed by atoms with Gasteiger partial charge in [0.2, 0.25) is 0 Å². The molecule has 0 amide bonds. The van der Waals surface area contributed by atoms with Gasteiger partial charge in [-0.25, -0.2) is 0 Å². The first-order valence-electron chi connectivity index (χ1n) is 3.97.